The predicted octanol–water partition coefficient (Wildman–Crippen LogP) is 1.67. The number of nitrogens with one attached hydrogen (secondary N) is 1. The lowest BCUT2D eigenvalue weighted by atomic mass is 10.4. The summed E-state index contributed by atoms with van der Waals surface area (Å²) in [6.07, 6.45) is 1.81. The normalized spacial score (nSPS) is 10.8. The van der Waals surface area contributed by atoms with Crippen molar-refractivity contribution in [2.24, 2.45) is 0 Å². The topological polar surface area (TPSA) is 125 Å². The van der Waals surface area contributed by atoms with Gasteiger partial charge in [-0.1, -0.05) is 16.9 Å². The fourth-order valence-electron chi connectivity index (χ4n) is 1.81. The number of aryl methyl sites for hydroxylation is 1. The van der Waals surface area contributed by atoms with Gasteiger partial charge in [0.05, 0.1) is 6.26 Å². The van der Waals surface area contributed by atoms with Crippen LogP contribution in [-0.4, -0.2) is 31.7 Å². The van der Waals surface area contributed by atoms with Crippen LogP contribution in [0.4, 0.5) is 5.82 Å². The van der Waals surface area contributed by atoms with Crippen molar-refractivity contribution in [2.45, 2.75) is 18.5 Å². The second kappa shape index (κ2) is 6.57. The number of carbonyl (C=O) groups is 1. The van der Waals surface area contributed by atoms with E-state index in [1.54, 1.807) is 25.1 Å². The van der Waals surface area contributed by atoms with Crippen molar-refractivity contribution >= 4 is 23.5 Å². The molecule has 3 aromatic rings. The van der Waals surface area contributed by atoms with E-state index in [1.165, 1.54) is 22.7 Å². The first-order chi connectivity index (χ1) is 11.1. The molecular weight excluding hydrogens is 320 g/mol. The molecular formula is C13H14N6O3S. The van der Waals surface area contributed by atoms with E-state index in [2.05, 4.69) is 20.7 Å². The quantitative estimate of drug-likeness (QED) is 0.515. The second-order valence-corrected chi connectivity index (χ2v) is 5.68. The zero-order valence-corrected chi connectivity index (χ0v) is 13.0. The summed E-state index contributed by atoms with van der Waals surface area (Å²) < 4.78 is 11.4. The van der Waals surface area contributed by atoms with Crippen LogP contribution >= 0.6 is 11.8 Å². The fourth-order valence-corrected chi connectivity index (χ4v) is 2.61. The predicted molar refractivity (Wildman–Crippen MR) is 83.1 cm³/mol. The van der Waals surface area contributed by atoms with Crippen LogP contribution in [0.1, 0.15) is 12.2 Å². The minimum Gasteiger partial charge on any atom is -0.461 e. The smallest absolute Gasteiger partial charge is 0.226 e. The first-order valence-corrected chi connectivity index (χ1v) is 7.72. The van der Waals surface area contributed by atoms with Crippen molar-refractivity contribution in [3.63, 3.8) is 0 Å². The molecule has 0 saturated carbocycles. The number of hydrogen-bond donors (Lipinski definition) is 2. The van der Waals surface area contributed by atoms with Crippen molar-refractivity contribution < 1.29 is 13.7 Å². The summed E-state index contributed by atoms with van der Waals surface area (Å²) >= 11 is 1.33. The summed E-state index contributed by atoms with van der Waals surface area (Å²) in [6.45, 7) is 1.75. The van der Waals surface area contributed by atoms with E-state index in [4.69, 9.17) is 14.8 Å². The molecule has 1 amide bonds. The molecule has 120 valence electrons. The van der Waals surface area contributed by atoms with Gasteiger partial charge in [0, 0.05) is 18.2 Å². The molecule has 23 heavy (non-hydrogen) atoms. The van der Waals surface area contributed by atoms with Crippen molar-refractivity contribution in [1.82, 2.24) is 20.0 Å². The molecule has 10 heteroatoms. The molecule has 0 fully saturated rings. The summed E-state index contributed by atoms with van der Waals surface area (Å²) in [5.41, 5.74) is 0. The zero-order valence-electron chi connectivity index (χ0n) is 12.2. The van der Waals surface area contributed by atoms with E-state index in [1.807, 2.05) is 0 Å². The number of aromatic nitrogens is 4. The Labute approximate surface area is 135 Å². The van der Waals surface area contributed by atoms with Gasteiger partial charge >= 0.3 is 0 Å². The van der Waals surface area contributed by atoms with Gasteiger partial charge in [-0.15, -0.1) is 10.2 Å². The SMILES string of the molecule is Cc1cc(NC(=O)CCSc2nnc(-c3ccco3)n2N)no1. The zero-order chi connectivity index (χ0) is 16.2. The van der Waals surface area contributed by atoms with Crippen molar-refractivity contribution in [3.05, 3.63) is 30.2 Å². The van der Waals surface area contributed by atoms with Crippen molar-refractivity contribution in [2.75, 3.05) is 16.9 Å². The summed E-state index contributed by atoms with van der Waals surface area (Å²) in [5.74, 6) is 8.26. The van der Waals surface area contributed by atoms with Gasteiger partial charge < -0.3 is 20.1 Å². The van der Waals surface area contributed by atoms with Crippen molar-refractivity contribution in [1.29, 1.82) is 0 Å². The number of amides is 1. The minimum absolute atomic E-state index is 0.167. The van der Waals surface area contributed by atoms with Gasteiger partial charge in [-0.3, -0.25) is 4.79 Å². The number of nitrogens with zero attached hydrogens (tertiary/aromatic N) is 4. The Hall–Kier alpha value is -2.75. The lowest BCUT2D eigenvalue weighted by Crippen LogP contribution is -2.14. The van der Waals surface area contributed by atoms with Crippen LogP contribution in [0.5, 0.6) is 0 Å². The molecule has 0 saturated heterocycles. The molecule has 0 radical (unpaired) electrons. The summed E-state index contributed by atoms with van der Waals surface area (Å²) in [7, 11) is 0. The number of hydrogen-bond acceptors (Lipinski definition) is 8. The van der Waals surface area contributed by atoms with E-state index in [0.717, 1.165) is 0 Å². The molecule has 0 aliphatic carbocycles. The van der Waals surface area contributed by atoms with E-state index in [-0.39, 0.29) is 12.3 Å². The molecule has 9 nitrogen and oxygen atoms in total. The lowest BCUT2D eigenvalue weighted by molar-refractivity contribution is -0.115. The minimum atomic E-state index is -0.167. The Bertz CT molecular complexity index is 795. The third-order valence-electron chi connectivity index (χ3n) is 2.86. The lowest BCUT2D eigenvalue weighted by Gasteiger charge is -2.02. The van der Waals surface area contributed by atoms with Gasteiger partial charge in [0.25, 0.3) is 0 Å². The van der Waals surface area contributed by atoms with Gasteiger partial charge in [0.15, 0.2) is 11.6 Å². The number of nitrogens with two attached hydrogens (primary N) is 1. The third kappa shape index (κ3) is 3.54. The monoisotopic (exact) mass is 334 g/mol. The Morgan fingerprint density at radius 1 is 1.48 bits per heavy atom. The Morgan fingerprint density at radius 2 is 2.35 bits per heavy atom. The molecule has 3 N–H and O–H groups in total. The molecule has 0 bridgehead atoms. The average Bonchev–Trinajstić information content (AvgIpc) is 3.23. The second-order valence-electron chi connectivity index (χ2n) is 4.62. The van der Waals surface area contributed by atoms with Gasteiger partial charge in [-0.2, -0.15) is 0 Å². The Kier molecular flexibility index (Phi) is 4.33. The maximum atomic E-state index is 11.8. The van der Waals surface area contributed by atoms with Crippen molar-refractivity contribution in [3.8, 4) is 11.6 Å². The highest BCUT2D eigenvalue weighted by Gasteiger charge is 2.14. The third-order valence-corrected chi connectivity index (χ3v) is 3.81. The molecule has 0 aromatic carbocycles. The van der Waals surface area contributed by atoms with Gasteiger partial charge in [0.2, 0.25) is 16.9 Å². The number of furan rings is 1. The first-order valence-electron chi connectivity index (χ1n) is 6.74. The van der Waals surface area contributed by atoms with E-state index < -0.39 is 0 Å². The molecule has 0 spiro atoms. The number of carbonyl (C=O) groups excluding carboxylic acids is 1. The van der Waals surface area contributed by atoms with E-state index in [9.17, 15) is 4.79 Å². The van der Waals surface area contributed by atoms with Crippen LogP contribution < -0.4 is 11.2 Å². The van der Waals surface area contributed by atoms with Gasteiger partial charge in [-0.25, -0.2) is 4.68 Å². The summed E-state index contributed by atoms with van der Waals surface area (Å²) in [5, 5.41) is 14.8. The van der Waals surface area contributed by atoms with Crippen LogP contribution in [0.2, 0.25) is 0 Å². The summed E-state index contributed by atoms with van der Waals surface area (Å²) in [6, 6.07) is 5.14. The van der Waals surface area contributed by atoms with E-state index in [0.29, 0.717) is 34.1 Å². The molecule has 3 rings (SSSR count). The number of rotatable bonds is 6. The molecule has 3 heterocycles. The number of thioether (sulfide) groups is 1. The standard InChI is InChI=1S/C13H14N6O3S/c1-8-7-10(18-22-8)15-11(20)4-6-23-13-17-16-12(19(13)14)9-3-2-5-21-9/h2-3,5,7H,4,6,14H2,1H3,(H,15,18,20). The molecule has 3 aromatic heterocycles. The highest BCUT2D eigenvalue weighted by atomic mass is 32.2. The molecule has 0 aliphatic rings. The van der Waals surface area contributed by atoms with Crippen LogP contribution in [0, 0.1) is 6.92 Å². The fraction of sp³-hybridized carbons (Fsp3) is 0.231. The largest absolute Gasteiger partial charge is 0.461 e. The number of anilines is 1. The van der Waals surface area contributed by atoms with E-state index >= 15 is 0 Å². The van der Waals surface area contributed by atoms with Crippen LogP contribution in [0.3, 0.4) is 0 Å². The summed E-state index contributed by atoms with van der Waals surface area (Å²) in [4.78, 5) is 11.8. The maximum absolute atomic E-state index is 11.8. The van der Waals surface area contributed by atoms with Gasteiger partial charge in [-0.05, 0) is 19.1 Å². The van der Waals surface area contributed by atoms with Crippen LogP contribution in [0.15, 0.2) is 38.6 Å². The molecule has 0 atom stereocenters. The van der Waals surface area contributed by atoms with Crippen LogP contribution in [-0.2, 0) is 4.79 Å². The highest BCUT2D eigenvalue weighted by Crippen LogP contribution is 2.22. The Balaban J connectivity index is 1.52. The molecule has 0 aliphatic heterocycles. The van der Waals surface area contributed by atoms with Crippen LogP contribution in [0.25, 0.3) is 11.6 Å². The first kappa shape index (κ1) is 15.2. The van der Waals surface area contributed by atoms with Gasteiger partial charge in [0.1, 0.15) is 5.76 Å². The highest BCUT2D eigenvalue weighted by molar-refractivity contribution is 7.99. The Morgan fingerprint density at radius 3 is 3.04 bits per heavy atom. The maximum Gasteiger partial charge on any atom is 0.226 e. The number of nitrogen functional groups attached to an aromatic ring is 1. The molecule has 0 unspecified atom stereocenters. The average molecular weight is 334 g/mol.